The van der Waals surface area contributed by atoms with Crippen molar-refractivity contribution in [1.82, 2.24) is 14.6 Å². The maximum absolute atomic E-state index is 13.5. The molecule has 1 aliphatic heterocycles. The molecule has 1 fully saturated rings. The summed E-state index contributed by atoms with van der Waals surface area (Å²) in [6.45, 7) is 3.81. The largest absolute Gasteiger partial charge is 0.497 e. The molecule has 1 saturated heterocycles. The second-order valence-corrected chi connectivity index (χ2v) is 8.28. The SMILES string of the molecule is COc1cccc(C#Cc2c(C)[nH]c3c(N4CCCCC4)c(-c4ccccc4)nn3c2=O)c1. The van der Waals surface area contributed by atoms with Crippen molar-refractivity contribution >= 4 is 11.3 Å². The summed E-state index contributed by atoms with van der Waals surface area (Å²) in [6, 6.07) is 17.6. The number of aromatic amines is 1. The number of ether oxygens (including phenoxy) is 1. The molecule has 33 heavy (non-hydrogen) atoms. The zero-order valence-corrected chi connectivity index (χ0v) is 18.9. The molecule has 2 aromatic heterocycles. The van der Waals surface area contributed by atoms with Crippen molar-refractivity contribution in [3.63, 3.8) is 0 Å². The summed E-state index contributed by atoms with van der Waals surface area (Å²) in [5, 5.41) is 4.79. The Morgan fingerprint density at radius 2 is 1.79 bits per heavy atom. The molecule has 0 unspecified atom stereocenters. The van der Waals surface area contributed by atoms with Crippen molar-refractivity contribution < 1.29 is 4.74 Å². The Kier molecular flexibility index (Phi) is 5.62. The van der Waals surface area contributed by atoms with E-state index in [0.29, 0.717) is 5.56 Å². The average molecular weight is 439 g/mol. The predicted molar refractivity (Wildman–Crippen MR) is 131 cm³/mol. The second-order valence-electron chi connectivity index (χ2n) is 8.28. The average Bonchev–Trinajstić information content (AvgIpc) is 3.24. The molecule has 5 rings (SSSR count). The number of aromatic nitrogens is 3. The maximum Gasteiger partial charge on any atom is 0.290 e. The molecular formula is C27H26N4O2. The minimum atomic E-state index is -0.211. The number of aryl methyl sites for hydroxylation is 1. The van der Waals surface area contributed by atoms with Gasteiger partial charge in [0.15, 0.2) is 5.65 Å². The van der Waals surface area contributed by atoms with Crippen molar-refractivity contribution in [2.45, 2.75) is 26.2 Å². The van der Waals surface area contributed by atoms with Crippen LogP contribution in [0.3, 0.4) is 0 Å². The van der Waals surface area contributed by atoms with Crippen LogP contribution in [0.15, 0.2) is 59.4 Å². The van der Waals surface area contributed by atoms with Gasteiger partial charge in [-0.1, -0.05) is 48.2 Å². The van der Waals surface area contributed by atoms with Crippen molar-refractivity contribution in [2.75, 3.05) is 25.1 Å². The summed E-state index contributed by atoms with van der Waals surface area (Å²) >= 11 is 0. The van der Waals surface area contributed by atoms with E-state index in [4.69, 9.17) is 9.84 Å². The topological polar surface area (TPSA) is 62.6 Å². The number of hydrogen-bond donors (Lipinski definition) is 1. The zero-order chi connectivity index (χ0) is 22.8. The number of H-pyrrole nitrogens is 1. The Labute approximate surface area is 192 Å². The molecule has 0 radical (unpaired) electrons. The van der Waals surface area contributed by atoms with Crippen LogP contribution in [0.1, 0.15) is 36.1 Å². The number of hydrogen-bond acceptors (Lipinski definition) is 4. The highest BCUT2D eigenvalue weighted by Crippen LogP contribution is 2.34. The first kappa shape index (κ1) is 20.9. The van der Waals surface area contributed by atoms with Gasteiger partial charge in [-0.15, -0.1) is 0 Å². The van der Waals surface area contributed by atoms with E-state index in [1.807, 2.05) is 61.5 Å². The first-order valence-electron chi connectivity index (χ1n) is 11.3. The quantitative estimate of drug-likeness (QED) is 0.482. The number of nitrogens with one attached hydrogen (secondary N) is 1. The van der Waals surface area contributed by atoms with Gasteiger partial charge >= 0.3 is 0 Å². The fourth-order valence-electron chi connectivity index (χ4n) is 4.37. The van der Waals surface area contributed by atoms with Gasteiger partial charge in [-0.2, -0.15) is 9.61 Å². The van der Waals surface area contributed by atoms with Crippen molar-refractivity contribution in [1.29, 1.82) is 0 Å². The van der Waals surface area contributed by atoms with Crippen LogP contribution in [0.2, 0.25) is 0 Å². The van der Waals surface area contributed by atoms with Gasteiger partial charge in [0.2, 0.25) is 0 Å². The van der Waals surface area contributed by atoms with Gasteiger partial charge in [-0.25, -0.2) is 0 Å². The Bertz CT molecular complexity index is 1420. The summed E-state index contributed by atoms with van der Waals surface area (Å²) < 4.78 is 6.75. The molecule has 1 aliphatic rings. The number of methoxy groups -OCH3 is 1. The van der Waals surface area contributed by atoms with Gasteiger partial charge in [-0.3, -0.25) is 4.79 Å². The normalized spacial score (nSPS) is 13.6. The van der Waals surface area contributed by atoms with E-state index in [-0.39, 0.29) is 5.56 Å². The van der Waals surface area contributed by atoms with Crippen LogP contribution >= 0.6 is 0 Å². The zero-order valence-electron chi connectivity index (χ0n) is 18.9. The number of nitrogens with zero attached hydrogens (tertiary/aromatic N) is 3. The lowest BCUT2D eigenvalue weighted by atomic mass is 10.1. The van der Waals surface area contributed by atoms with Crippen LogP contribution in [-0.4, -0.2) is 34.8 Å². The standard InChI is InChI=1S/C27H26N4O2/c1-19-23(15-14-20-10-9-13-22(18-20)33-2)27(32)31-26(28-19)25(30-16-7-4-8-17-30)24(29-31)21-11-5-3-6-12-21/h3,5-6,9-13,18,28H,4,7-8,16-17H2,1-2H3. The van der Waals surface area contributed by atoms with Crippen molar-refractivity contribution in [2.24, 2.45) is 0 Å². The number of piperidine rings is 1. The van der Waals surface area contributed by atoms with Crippen LogP contribution in [0.5, 0.6) is 5.75 Å². The Morgan fingerprint density at radius 3 is 2.55 bits per heavy atom. The summed E-state index contributed by atoms with van der Waals surface area (Å²) in [7, 11) is 1.62. The highest BCUT2D eigenvalue weighted by molar-refractivity contribution is 5.86. The molecule has 4 aromatic rings. The third-order valence-electron chi connectivity index (χ3n) is 6.07. The molecule has 0 bridgehead atoms. The lowest BCUT2D eigenvalue weighted by molar-refractivity contribution is 0.414. The van der Waals surface area contributed by atoms with Crippen LogP contribution in [0, 0.1) is 18.8 Å². The van der Waals surface area contributed by atoms with Crippen molar-refractivity contribution in [3.8, 4) is 28.8 Å². The number of fused-ring (bicyclic) bond motifs is 1. The molecule has 6 heteroatoms. The first-order chi connectivity index (χ1) is 16.2. The lowest BCUT2D eigenvalue weighted by Gasteiger charge is -2.28. The summed E-state index contributed by atoms with van der Waals surface area (Å²) in [6.07, 6.45) is 3.51. The summed E-state index contributed by atoms with van der Waals surface area (Å²) in [5.74, 6) is 6.89. The third-order valence-corrected chi connectivity index (χ3v) is 6.07. The highest BCUT2D eigenvalue weighted by Gasteiger charge is 2.24. The molecule has 2 aromatic carbocycles. The van der Waals surface area contributed by atoms with Crippen LogP contribution in [0.4, 0.5) is 5.69 Å². The smallest absolute Gasteiger partial charge is 0.290 e. The van der Waals surface area contributed by atoms with E-state index in [2.05, 4.69) is 21.7 Å². The van der Waals surface area contributed by atoms with E-state index in [1.165, 1.54) is 10.9 Å². The highest BCUT2D eigenvalue weighted by atomic mass is 16.5. The van der Waals surface area contributed by atoms with Gasteiger partial charge in [-0.05, 0) is 44.4 Å². The van der Waals surface area contributed by atoms with Gasteiger partial charge in [0.25, 0.3) is 5.56 Å². The molecule has 0 atom stereocenters. The van der Waals surface area contributed by atoms with Crippen LogP contribution in [-0.2, 0) is 0 Å². The molecule has 1 N–H and O–H groups in total. The molecule has 0 spiro atoms. The number of benzene rings is 2. The molecule has 0 amide bonds. The summed E-state index contributed by atoms with van der Waals surface area (Å²) in [5.41, 5.74) is 5.26. The molecule has 0 saturated carbocycles. The van der Waals surface area contributed by atoms with E-state index >= 15 is 0 Å². The monoisotopic (exact) mass is 438 g/mol. The van der Waals surface area contributed by atoms with Gasteiger partial charge < -0.3 is 14.6 Å². The van der Waals surface area contributed by atoms with Gasteiger partial charge in [0, 0.05) is 29.9 Å². The molecule has 0 aliphatic carbocycles. The third kappa shape index (κ3) is 3.98. The first-order valence-corrected chi connectivity index (χ1v) is 11.3. The Morgan fingerprint density at radius 1 is 1.00 bits per heavy atom. The fraction of sp³-hybridized carbons (Fsp3) is 0.259. The Balaban J connectivity index is 1.68. The van der Waals surface area contributed by atoms with Crippen molar-refractivity contribution in [3.05, 3.63) is 81.8 Å². The van der Waals surface area contributed by atoms with Gasteiger partial charge in [0.1, 0.15) is 22.7 Å². The maximum atomic E-state index is 13.5. The van der Waals surface area contributed by atoms with Crippen LogP contribution in [0.25, 0.3) is 16.9 Å². The van der Waals surface area contributed by atoms with E-state index in [1.54, 1.807) is 7.11 Å². The predicted octanol–water partition coefficient (Wildman–Crippen LogP) is 4.40. The minimum absolute atomic E-state index is 0.211. The van der Waals surface area contributed by atoms with Crippen LogP contribution < -0.4 is 15.2 Å². The second kappa shape index (κ2) is 8.87. The van der Waals surface area contributed by atoms with E-state index in [9.17, 15) is 4.79 Å². The minimum Gasteiger partial charge on any atom is -0.497 e. The fourth-order valence-corrected chi connectivity index (χ4v) is 4.37. The molecule has 6 nitrogen and oxygen atoms in total. The molecular weight excluding hydrogens is 412 g/mol. The number of rotatable bonds is 3. The molecule has 3 heterocycles. The summed E-state index contributed by atoms with van der Waals surface area (Å²) in [4.78, 5) is 19.3. The molecule has 166 valence electrons. The lowest BCUT2D eigenvalue weighted by Crippen LogP contribution is -2.30. The van der Waals surface area contributed by atoms with Gasteiger partial charge in [0.05, 0.1) is 7.11 Å². The number of anilines is 1. The Hall–Kier alpha value is -3.98. The van der Waals surface area contributed by atoms with E-state index in [0.717, 1.165) is 65.5 Å². The van der Waals surface area contributed by atoms with E-state index < -0.39 is 0 Å².